The molecule has 0 fully saturated rings. The lowest BCUT2D eigenvalue weighted by Crippen LogP contribution is -2.11. The van der Waals surface area contributed by atoms with Gasteiger partial charge in [-0.25, -0.2) is 0 Å². The van der Waals surface area contributed by atoms with Crippen molar-refractivity contribution in [2.75, 3.05) is 6.54 Å². The predicted octanol–water partition coefficient (Wildman–Crippen LogP) is 4.86. The first kappa shape index (κ1) is 14.9. The summed E-state index contributed by atoms with van der Waals surface area (Å²) in [6.07, 6.45) is 0. The van der Waals surface area contributed by atoms with Crippen molar-refractivity contribution in [3.8, 4) is 11.5 Å². The first-order valence-electron chi connectivity index (χ1n) is 6.84. The van der Waals surface area contributed by atoms with Crippen LogP contribution in [0.5, 0.6) is 11.5 Å². The smallest absolute Gasteiger partial charge is 0.128 e. The Hall–Kier alpha value is -1.51. The Morgan fingerprint density at radius 2 is 1.60 bits per heavy atom. The van der Waals surface area contributed by atoms with Gasteiger partial charge in [-0.15, -0.1) is 0 Å². The second kappa shape index (κ2) is 6.78. The standard InChI is InChI=1S/C17H20ClNO/c1-4-19-11-14-5-7-15(8-6-14)20-16-9-12(2)17(18)13(3)10-16/h5-10,19H,4,11H2,1-3H3. The van der Waals surface area contributed by atoms with E-state index in [-0.39, 0.29) is 0 Å². The number of nitrogens with one attached hydrogen (secondary N) is 1. The highest BCUT2D eigenvalue weighted by molar-refractivity contribution is 6.32. The predicted molar refractivity (Wildman–Crippen MR) is 84.8 cm³/mol. The lowest BCUT2D eigenvalue weighted by Gasteiger charge is -2.10. The van der Waals surface area contributed by atoms with Gasteiger partial charge in [0, 0.05) is 11.6 Å². The van der Waals surface area contributed by atoms with Crippen LogP contribution in [-0.2, 0) is 6.54 Å². The van der Waals surface area contributed by atoms with Gasteiger partial charge in [0.25, 0.3) is 0 Å². The van der Waals surface area contributed by atoms with Crippen molar-refractivity contribution < 1.29 is 4.74 Å². The fourth-order valence-electron chi connectivity index (χ4n) is 2.05. The Kier molecular flexibility index (Phi) is 5.05. The second-order valence-corrected chi connectivity index (χ2v) is 5.28. The quantitative estimate of drug-likeness (QED) is 0.849. The molecule has 0 saturated carbocycles. The van der Waals surface area contributed by atoms with E-state index in [1.54, 1.807) is 0 Å². The summed E-state index contributed by atoms with van der Waals surface area (Å²) in [6.45, 7) is 7.93. The number of hydrogen-bond acceptors (Lipinski definition) is 2. The summed E-state index contributed by atoms with van der Waals surface area (Å²) in [5.41, 5.74) is 3.32. The number of aryl methyl sites for hydroxylation is 2. The maximum Gasteiger partial charge on any atom is 0.128 e. The molecule has 2 nitrogen and oxygen atoms in total. The SMILES string of the molecule is CCNCc1ccc(Oc2cc(C)c(Cl)c(C)c2)cc1. The molecule has 0 radical (unpaired) electrons. The maximum atomic E-state index is 6.16. The van der Waals surface area contributed by atoms with Crippen molar-refractivity contribution in [2.45, 2.75) is 27.3 Å². The van der Waals surface area contributed by atoms with Gasteiger partial charge in [0.2, 0.25) is 0 Å². The highest BCUT2D eigenvalue weighted by atomic mass is 35.5. The highest BCUT2D eigenvalue weighted by Crippen LogP contribution is 2.29. The Bertz CT molecular complexity index is 555. The molecular weight excluding hydrogens is 270 g/mol. The third kappa shape index (κ3) is 3.75. The first-order chi connectivity index (χ1) is 9.60. The molecule has 3 heteroatoms. The summed E-state index contributed by atoms with van der Waals surface area (Å²) in [7, 11) is 0. The molecule has 0 atom stereocenters. The Labute approximate surface area is 125 Å². The molecule has 2 rings (SSSR count). The third-order valence-electron chi connectivity index (χ3n) is 3.15. The van der Waals surface area contributed by atoms with Crippen molar-refractivity contribution in [3.63, 3.8) is 0 Å². The molecule has 0 bridgehead atoms. The summed E-state index contributed by atoms with van der Waals surface area (Å²) in [6, 6.07) is 12.1. The van der Waals surface area contributed by atoms with E-state index in [9.17, 15) is 0 Å². The number of benzene rings is 2. The van der Waals surface area contributed by atoms with Crippen LogP contribution in [0.3, 0.4) is 0 Å². The summed E-state index contributed by atoms with van der Waals surface area (Å²) in [5, 5.41) is 4.10. The number of rotatable bonds is 5. The largest absolute Gasteiger partial charge is 0.457 e. The molecule has 2 aromatic carbocycles. The summed E-state index contributed by atoms with van der Waals surface area (Å²) >= 11 is 6.16. The molecule has 0 aliphatic heterocycles. The summed E-state index contributed by atoms with van der Waals surface area (Å²) < 4.78 is 5.88. The van der Waals surface area contributed by atoms with Gasteiger partial charge in [0.1, 0.15) is 11.5 Å². The number of hydrogen-bond donors (Lipinski definition) is 1. The van der Waals surface area contributed by atoms with Crippen LogP contribution in [0.15, 0.2) is 36.4 Å². The zero-order valence-electron chi connectivity index (χ0n) is 12.2. The van der Waals surface area contributed by atoms with Crippen molar-refractivity contribution in [1.82, 2.24) is 5.32 Å². The van der Waals surface area contributed by atoms with E-state index in [4.69, 9.17) is 16.3 Å². The average molecular weight is 290 g/mol. The summed E-state index contributed by atoms with van der Waals surface area (Å²) in [4.78, 5) is 0. The topological polar surface area (TPSA) is 21.3 Å². The minimum absolute atomic E-state index is 0.804. The molecule has 0 heterocycles. The molecule has 0 spiro atoms. The van der Waals surface area contributed by atoms with Crippen LogP contribution >= 0.6 is 11.6 Å². The lowest BCUT2D eigenvalue weighted by atomic mass is 10.1. The van der Waals surface area contributed by atoms with Crippen molar-refractivity contribution in [2.24, 2.45) is 0 Å². The molecule has 0 aliphatic rings. The van der Waals surface area contributed by atoms with E-state index in [0.29, 0.717) is 0 Å². The van der Waals surface area contributed by atoms with Gasteiger partial charge < -0.3 is 10.1 Å². The number of halogens is 1. The molecule has 0 amide bonds. The van der Waals surface area contributed by atoms with Gasteiger partial charge in [-0.05, 0) is 61.3 Å². The molecule has 2 aromatic rings. The van der Waals surface area contributed by atoms with Crippen LogP contribution in [0.25, 0.3) is 0 Å². The van der Waals surface area contributed by atoms with E-state index >= 15 is 0 Å². The van der Waals surface area contributed by atoms with Crippen molar-refractivity contribution in [1.29, 1.82) is 0 Å². The average Bonchev–Trinajstić information content (AvgIpc) is 2.44. The fraction of sp³-hybridized carbons (Fsp3) is 0.294. The van der Waals surface area contributed by atoms with E-state index in [1.165, 1.54) is 5.56 Å². The van der Waals surface area contributed by atoms with Crippen LogP contribution in [0.2, 0.25) is 5.02 Å². The molecule has 0 aromatic heterocycles. The van der Waals surface area contributed by atoms with Crippen molar-refractivity contribution >= 4 is 11.6 Å². The van der Waals surface area contributed by atoms with Crippen molar-refractivity contribution in [3.05, 3.63) is 58.1 Å². The zero-order valence-corrected chi connectivity index (χ0v) is 12.9. The molecule has 0 aliphatic carbocycles. The van der Waals surface area contributed by atoms with Gasteiger partial charge in [-0.2, -0.15) is 0 Å². The monoisotopic (exact) mass is 289 g/mol. The Morgan fingerprint density at radius 1 is 1.00 bits per heavy atom. The number of ether oxygens (including phenoxy) is 1. The molecule has 20 heavy (non-hydrogen) atoms. The Balaban J connectivity index is 2.10. The lowest BCUT2D eigenvalue weighted by molar-refractivity contribution is 0.481. The molecule has 106 valence electrons. The normalized spacial score (nSPS) is 10.6. The van der Waals surface area contributed by atoms with Gasteiger partial charge in [-0.1, -0.05) is 30.7 Å². The van der Waals surface area contributed by atoms with Gasteiger partial charge >= 0.3 is 0 Å². The third-order valence-corrected chi connectivity index (χ3v) is 3.74. The van der Waals surface area contributed by atoms with Gasteiger partial charge in [0.05, 0.1) is 0 Å². The van der Waals surface area contributed by atoms with Crippen LogP contribution in [0.1, 0.15) is 23.6 Å². The maximum absolute atomic E-state index is 6.16. The molecular formula is C17H20ClNO. The minimum Gasteiger partial charge on any atom is -0.457 e. The second-order valence-electron chi connectivity index (χ2n) is 4.90. The van der Waals surface area contributed by atoms with E-state index in [1.807, 2.05) is 38.1 Å². The van der Waals surface area contributed by atoms with E-state index in [0.717, 1.165) is 40.7 Å². The van der Waals surface area contributed by atoms with E-state index in [2.05, 4.69) is 24.4 Å². The van der Waals surface area contributed by atoms with Gasteiger partial charge in [0.15, 0.2) is 0 Å². The molecule has 1 N–H and O–H groups in total. The van der Waals surface area contributed by atoms with Crippen LogP contribution < -0.4 is 10.1 Å². The fourth-order valence-corrected chi connectivity index (χ4v) is 2.15. The minimum atomic E-state index is 0.804. The van der Waals surface area contributed by atoms with Gasteiger partial charge in [-0.3, -0.25) is 0 Å². The van der Waals surface area contributed by atoms with Crippen LogP contribution in [-0.4, -0.2) is 6.54 Å². The molecule has 0 saturated heterocycles. The zero-order chi connectivity index (χ0) is 14.5. The first-order valence-corrected chi connectivity index (χ1v) is 7.22. The summed E-state index contributed by atoms with van der Waals surface area (Å²) in [5.74, 6) is 1.66. The highest BCUT2D eigenvalue weighted by Gasteiger charge is 2.04. The molecule has 0 unspecified atom stereocenters. The van der Waals surface area contributed by atoms with E-state index < -0.39 is 0 Å². The Morgan fingerprint density at radius 3 is 2.15 bits per heavy atom. The van der Waals surface area contributed by atoms with Crippen LogP contribution in [0, 0.1) is 13.8 Å². The van der Waals surface area contributed by atoms with Crippen LogP contribution in [0.4, 0.5) is 0 Å².